The molecule has 0 radical (unpaired) electrons. The van der Waals surface area contributed by atoms with Gasteiger partial charge in [0.15, 0.2) is 0 Å². The van der Waals surface area contributed by atoms with Crippen LogP contribution in [-0.4, -0.2) is 25.2 Å². The lowest BCUT2D eigenvalue weighted by Crippen LogP contribution is -2.13. The summed E-state index contributed by atoms with van der Waals surface area (Å²) in [7, 11) is 0. The summed E-state index contributed by atoms with van der Waals surface area (Å²) >= 11 is 0. The van der Waals surface area contributed by atoms with Gasteiger partial charge in [0, 0.05) is 18.7 Å². The minimum absolute atomic E-state index is 0.0114. The van der Waals surface area contributed by atoms with Crippen molar-refractivity contribution in [2.45, 2.75) is 46.1 Å². The van der Waals surface area contributed by atoms with Gasteiger partial charge in [0.1, 0.15) is 5.75 Å². The maximum absolute atomic E-state index is 12.1. The van der Waals surface area contributed by atoms with E-state index >= 15 is 0 Å². The van der Waals surface area contributed by atoms with E-state index in [1.165, 1.54) is 5.56 Å². The molecule has 0 saturated heterocycles. The van der Waals surface area contributed by atoms with Crippen LogP contribution in [0.25, 0.3) is 0 Å². The zero-order valence-electron chi connectivity index (χ0n) is 16.0. The average molecular weight is 355 g/mol. The normalized spacial score (nSPS) is 10.8. The lowest BCUT2D eigenvalue weighted by molar-refractivity contribution is -0.116. The minimum Gasteiger partial charge on any atom is -0.491 e. The molecule has 0 aliphatic carbocycles. The molecule has 140 valence electrons. The van der Waals surface area contributed by atoms with Gasteiger partial charge < -0.3 is 14.8 Å². The zero-order valence-corrected chi connectivity index (χ0v) is 16.0. The van der Waals surface area contributed by atoms with Crippen LogP contribution >= 0.6 is 0 Å². The predicted octanol–water partition coefficient (Wildman–Crippen LogP) is 4.76. The molecule has 0 heterocycles. The summed E-state index contributed by atoms with van der Waals surface area (Å²) in [5.41, 5.74) is 3.09. The first kappa shape index (κ1) is 20.0. The number of carbonyl (C=O) groups excluding carboxylic acids is 1. The molecule has 0 unspecified atom stereocenters. The molecule has 4 nitrogen and oxygen atoms in total. The third-order valence-corrected chi connectivity index (χ3v) is 3.91. The van der Waals surface area contributed by atoms with Crippen molar-refractivity contribution in [3.05, 3.63) is 59.7 Å². The lowest BCUT2D eigenvalue weighted by atomic mass is 10.1. The Balaban J connectivity index is 1.64. The fraction of sp³-hybridized carbons (Fsp3) is 0.409. The molecule has 1 N–H and O–H groups in total. The van der Waals surface area contributed by atoms with E-state index in [4.69, 9.17) is 9.47 Å². The maximum atomic E-state index is 12.1. The number of ether oxygens (including phenoxy) is 2. The second kappa shape index (κ2) is 10.6. The molecule has 0 saturated carbocycles. The number of aryl methyl sites for hydroxylation is 1. The van der Waals surface area contributed by atoms with E-state index in [1.807, 2.05) is 57.2 Å². The second-order valence-electron chi connectivity index (χ2n) is 6.64. The molecular weight excluding hydrogens is 326 g/mol. The monoisotopic (exact) mass is 355 g/mol. The van der Waals surface area contributed by atoms with Crippen LogP contribution in [0.1, 0.15) is 37.8 Å². The largest absolute Gasteiger partial charge is 0.491 e. The summed E-state index contributed by atoms with van der Waals surface area (Å²) in [5, 5.41) is 2.96. The van der Waals surface area contributed by atoms with Gasteiger partial charge in [-0.1, -0.05) is 30.3 Å². The molecule has 2 rings (SSSR count). The zero-order chi connectivity index (χ0) is 18.8. The summed E-state index contributed by atoms with van der Waals surface area (Å²) in [4.78, 5) is 12.1. The lowest BCUT2D eigenvalue weighted by Gasteiger charge is -2.13. The van der Waals surface area contributed by atoms with Crippen molar-refractivity contribution < 1.29 is 14.3 Å². The van der Waals surface area contributed by atoms with E-state index in [9.17, 15) is 4.79 Å². The number of carbonyl (C=O) groups is 1. The van der Waals surface area contributed by atoms with Crippen molar-refractivity contribution in [3.8, 4) is 5.75 Å². The number of amides is 1. The predicted molar refractivity (Wildman–Crippen MR) is 106 cm³/mol. The van der Waals surface area contributed by atoms with Gasteiger partial charge in [-0.05, 0) is 62.9 Å². The van der Waals surface area contributed by atoms with E-state index in [1.54, 1.807) is 0 Å². The van der Waals surface area contributed by atoms with Crippen molar-refractivity contribution in [2.75, 3.05) is 18.5 Å². The van der Waals surface area contributed by atoms with Gasteiger partial charge in [0.25, 0.3) is 0 Å². The standard InChI is InChI=1S/C22H29NO3/c1-17(2)26-20-11-12-21(18(3)16-20)23-22(24)10-7-14-25-15-13-19-8-5-4-6-9-19/h4-6,8-9,11-12,16-17H,7,10,13-15H2,1-3H3,(H,23,24). The number of benzene rings is 2. The van der Waals surface area contributed by atoms with Gasteiger partial charge in [-0.25, -0.2) is 0 Å². The first-order valence-electron chi connectivity index (χ1n) is 9.23. The third kappa shape index (κ3) is 7.28. The van der Waals surface area contributed by atoms with Gasteiger partial charge >= 0.3 is 0 Å². The molecule has 0 atom stereocenters. The van der Waals surface area contributed by atoms with Crippen LogP contribution < -0.4 is 10.1 Å². The van der Waals surface area contributed by atoms with E-state index in [0.29, 0.717) is 26.1 Å². The summed E-state index contributed by atoms with van der Waals surface area (Å²) < 4.78 is 11.3. The Morgan fingerprint density at radius 2 is 1.85 bits per heavy atom. The Labute approximate surface area is 156 Å². The Morgan fingerprint density at radius 3 is 2.54 bits per heavy atom. The molecule has 1 amide bonds. The van der Waals surface area contributed by atoms with Gasteiger partial charge in [-0.15, -0.1) is 0 Å². The number of hydrogen-bond acceptors (Lipinski definition) is 3. The van der Waals surface area contributed by atoms with E-state index in [-0.39, 0.29) is 12.0 Å². The maximum Gasteiger partial charge on any atom is 0.224 e. The third-order valence-electron chi connectivity index (χ3n) is 3.91. The Bertz CT molecular complexity index is 683. The second-order valence-corrected chi connectivity index (χ2v) is 6.64. The van der Waals surface area contributed by atoms with Crippen LogP contribution in [0.5, 0.6) is 5.75 Å². The molecule has 0 fully saturated rings. The highest BCUT2D eigenvalue weighted by atomic mass is 16.5. The number of rotatable bonds is 10. The summed E-state index contributed by atoms with van der Waals surface area (Å²) in [6.07, 6.45) is 2.21. The minimum atomic E-state index is 0.0114. The van der Waals surface area contributed by atoms with Crippen molar-refractivity contribution in [3.63, 3.8) is 0 Å². The molecule has 2 aromatic carbocycles. The summed E-state index contributed by atoms with van der Waals surface area (Å²) in [5.74, 6) is 0.833. The Morgan fingerprint density at radius 1 is 1.08 bits per heavy atom. The molecule has 0 aromatic heterocycles. The molecule has 26 heavy (non-hydrogen) atoms. The van der Waals surface area contributed by atoms with Crippen molar-refractivity contribution in [1.82, 2.24) is 0 Å². The average Bonchev–Trinajstić information content (AvgIpc) is 2.61. The molecule has 2 aromatic rings. The van der Waals surface area contributed by atoms with Crippen LogP contribution in [0.4, 0.5) is 5.69 Å². The summed E-state index contributed by atoms with van der Waals surface area (Å²) in [6.45, 7) is 7.23. The van der Waals surface area contributed by atoms with Crippen LogP contribution in [0.2, 0.25) is 0 Å². The highest BCUT2D eigenvalue weighted by Crippen LogP contribution is 2.22. The fourth-order valence-corrected chi connectivity index (χ4v) is 2.61. The topological polar surface area (TPSA) is 47.6 Å². The van der Waals surface area contributed by atoms with E-state index < -0.39 is 0 Å². The van der Waals surface area contributed by atoms with Gasteiger partial charge in [0.2, 0.25) is 5.91 Å². The van der Waals surface area contributed by atoms with E-state index in [2.05, 4.69) is 17.4 Å². The highest BCUT2D eigenvalue weighted by molar-refractivity contribution is 5.91. The fourth-order valence-electron chi connectivity index (χ4n) is 2.61. The first-order valence-corrected chi connectivity index (χ1v) is 9.23. The molecule has 4 heteroatoms. The SMILES string of the molecule is Cc1cc(OC(C)C)ccc1NC(=O)CCCOCCc1ccccc1. The smallest absolute Gasteiger partial charge is 0.224 e. The van der Waals surface area contributed by atoms with Gasteiger partial charge in [-0.2, -0.15) is 0 Å². The number of nitrogens with one attached hydrogen (secondary N) is 1. The number of anilines is 1. The van der Waals surface area contributed by atoms with Crippen molar-refractivity contribution >= 4 is 11.6 Å². The highest BCUT2D eigenvalue weighted by Gasteiger charge is 2.07. The molecule has 0 spiro atoms. The molecular formula is C22H29NO3. The number of hydrogen-bond donors (Lipinski definition) is 1. The van der Waals surface area contributed by atoms with Gasteiger partial charge in [-0.3, -0.25) is 4.79 Å². The molecule has 0 bridgehead atoms. The summed E-state index contributed by atoms with van der Waals surface area (Å²) in [6, 6.07) is 16.0. The van der Waals surface area contributed by atoms with Crippen LogP contribution in [0.3, 0.4) is 0 Å². The van der Waals surface area contributed by atoms with Gasteiger partial charge in [0.05, 0.1) is 12.7 Å². The Hall–Kier alpha value is -2.33. The van der Waals surface area contributed by atoms with Crippen molar-refractivity contribution in [1.29, 1.82) is 0 Å². The van der Waals surface area contributed by atoms with Crippen molar-refractivity contribution in [2.24, 2.45) is 0 Å². The first-order chi connectivity index (χ1) is 12.5. The van der Waals surface area contributed by atoms with Crippen LogP contribution in [-0.2, 0) is 16.0 Å². The quantitative estimate of drug-likeness (QED) is 0.625. The van der Waals surface area contributed by atoms with Crippen LogP contribution in [0, 0.1) is 6.92 Å². The van der Waals surface area contributed by atoms with Crippen LogP contribution in [0.15, 0.2) is 48.5 Å². The molecule has 0 aliphatic rings. The van der Waals surface area contributed by atoms with E-state index in [0.717, 1.165) is 23.4 Å². The Kier molecular flexibility index (Phi) is 8.16. The molecule has 0 aliphatic heterocycles.